The van der Waals surface area contributed by atoms with Gasteiger partial charge < -0.3 is 18.9 Å². The lowest BCUT2D eigenvalue weighted by Gasteiger charge is -2.42. The zero-order chi connectivity index (χ0) is 39.6. The molecule has 55 heavy (non-hydrogen) atoms. The summed E-state index contributed by atoms with van der Waals surface area (Å²) in [5, 5.41) is 0.568. The van der Waals surface area contributed by atoms with E-state index in [-0.39, 0.29) is 31.9 Å². The lowest BCUT2D eigenvalue weighted by Crippen LogP contribution is -2.56. The Balaban J connectivity index is 1.55. The van der Waals surface area contributed by atoms with Gasteiger partial charge in [-0.3, -0.25) is 9.08 Å². The molecular weight excluding hydrogens is 719 g/mol. The number of fused-ring (bicyclic) bond motifs is 1. The summed E-state index contributed by atoms with van der Waals surface area (Å²) in [5.41, 5.74) is 0.939. The maximum absolute atomic E-state index is 14.5. The molecule has 2 amide bonds. The van der Waals surface area contributed by atoms with Crippen molar-refractivity contribution in [2.75, 3.05) is 30.9 Å². The van der Waals surface area contributed by atoms with Crippen LogP contribution in [0.5, 0.6) is 0 Å². The molecule has 0 saturated carbocycles. The van der Waals surface area contributed by atoms with E-state index in [0.717, 1.165) is 22.9 Å². The monoisotopic (exact) mass is 767 g/mol. The predicted octanol–water partition coefficient (Wildman–Crippen LogP) is 7.61. The lowest BCUT2D eigenvalue weighted by molar-refractivity contribution is 0.00960. The fourth-order valence-electron chi connectivity index (χ4n) is 7.25. The van der Waals surface area contributed by atoms with E-state index in [1.165, 1.54) is 16.1 Å². The number of rotatable bonds is 9. The average molecular weight is 768 g/mol. The van der Waals surface area contributed by atoms with E-state index in [0.29, 0.717) is 11.0 Å². The van der Waals surface area contributed by atoms with E-state index in [1.807, 2.05) is 66.9 Å². The summed E-state index contributed by atoms with van der Waals surface area (Å²) in [7, 11) is -3.79. The number of piperidine rings is 1. The van der Waals surface area contributed by atoms with Crippen molar-refractivity contribution in [3.8, 4) is 0 Å². The first-order valence-corrected chi connectivity index (χ1v) is 20.1. The molecule has 6 rings (SSSR count). The Morgan fingerprint density at radius 2 is 1.29 bits per heavy atom. The Morgan fingerprint density at radius 1 is 0.764 bits per heavy atom. The minimum Gasteiger partial charge on any atom is -0.444 e. The number of anilines is 1. The van der Waals surface area contributed by atoms with E-state index in [1.54, 1.807) is 41.5 Å². The molecule has 3 aromatic carbocycles. The zero-order valence-corrected chi connectivity index (χ0v) is 33.2. The summed E-state index contributed by atoms with van der Waals surface area (Å²) in [6, 6.07) is 31.7. The smallest absolute Gasteiger partial charge is 0.416 e. The molecule has 12 nitrogen and oxygen atoms in total. The van der Waals surface area contributed by atoms with Crippen molar-refractivity contribution in [1.29, 1.82) is 0 Å². The van der Waals surface area contributed by atoms with Crippen LogP contribution >= 0.6 is 0 Å². The summed E-state index contributed by atoms with van der Waals surface area (Å²) >= 11 is 0. The van der Waals surface area contributed by atoms with Gasteiger partial charge in [-0.25, -0.2) is 19.6 Å². The molecule has 1 fully saturated rings. The molecule has 2 atom stereocenters. The molecule has 290 valence electrons. The Morgan fingerprint density at radius 3 is 1.78 bits per heavy atom. The van der Waals surface area contributed by atoms with Gasteiger partial charge in [-0.15, -0.1) is 0 Å². The molecular formula is C42H49N5O7S. The molecule has 0 bridgehead atoms. The van der Waals surface area contributed by atoms with Crippen molar-refractivity contribution in [2.45, 2.75) is 70.7 Å². The number of benzene rings is 3. The van der Waals surface area contributed by atoms with Crippen LogP contribution in [0.3, 0.4) is 0 Å². The molecule has 0 unspecified atom stereocenters. The second kappa shape index (κ2) is 15.5. The van der Waals surface area contributed by atoms with Crippen LogP contribution in [-0.4, -0.2) is 83.2 Å². The first-order valence-electron chi connectivity index (χ1n) is 18.3. The van der Waals surface area contributed by atoms with Gasteiger partial charge in [-0.05, 0) is 70.7 Å². The van der Waals surface area contributed by atoms with E-state index in [9.17, 15) is 18.0 Å². The van der Waals surface area contributed by atoms with Crippen molar-refractivity contribution < 1.29 is 31.7 Å². The van der Waals surface area contributed by atoms with Crippen LogP contribution in [-0.2, 0) is 29.3 Å². The van der Waals surface area contributed by atoms with Crippen molar-refractivity contribution in [3.63, 3.8) is 0 Å². The molecule has 0 aliphatic carbocycles. The van der Waals surface area contributed by atoms with E-state index in [4.69, 9.17) is 23.6 Å². The first kappa shape index (κ1) is 39.4. The normalized spacial score (nSPS) is 16.8. The Bertz CT molecular complexity index is 2120. The highest BCUT2D eigenvalue weighted by molar-refractivity contribution is 7.85. The summed E-state index contributed by atoms with van der Waals surface area (Å²) in [4.78, 5) is 40.6. The maximum Gasteiger partial charge on any atom is 0.416 e. The van der Waals surface area contributed by atoms with Crippen molar-refractivity contribution in [3.05, 3.63) is 126 Å². The lowest BCUT2D eigenvalue weighted by atomic mass is 9.76. The van der Waals surface area contributed by atoms with Crippen LogP contribution < -0.4 is 4.90 Å². The third-order valence-electron chi connectivity index (χ3n) is 9.26. The van der Waals surface area contributed by atoms with Gasteiger partial charge in [0.15, 0.2) is 5.82 Å². The van der Waals surface area contributed by atoms with Crippen LogP contribution in [0.25, 0.3) is 11.0 Å². The molecule has 3 heterocycles. The van der Waals surface area contributed by atoms with Gasteiger partial charge in [0.1, 0.15) is 28.7 Å². The van der Waals surface area contributed by atoms with Crippen LogP contribution in [0, 0.1) is 5.92 Å². The second-order valence-electron chi connectivity index (χ2n) is 15.9. The number of hydrogen-bond acceptors (Lipinski definition) is 9. The third-order valence-corrected chi connectivity index (χ3v) is 9.83. The Kier molecular flexibility index (Phi) is 11.1. The van der Waals surface area contributed by atoms with Gasteiger partial charge in [0.2, 0.25) is 0 Å². The molecule has 1 aliphatic heterocycles. The predicted molar refractivity (Wildman–Crippen MR) is 211 cm³/mol. The highest BCUT2D eigenvalue weighted by Crippen LogP contribution is 2.44. The topological polar surface area (TPSA) is 133 Å². The van der Waals surface area contributed by atoms with Crippen LogP contribution in [0.15, 0.2) is 110 Å². The number of aromatic nitrogens is 3. The first-order chi connectivity index (χ1) is 26.0. The molecule has 13 heteroatoms. The van der Waals surface area contributed by atoms with Gasteiger partial charge in [0, 0.05) is 25.2 Å². The zero-order valence-electron chi connectivity index (χ0n) is 32.4. The third kappa shape index (κ3) is 8.84. The summed E-state index contributed by atoms with van der Waals surface area (Å²) < 4.78 is 43.3. The SMILES string of the molecule is CC(C)(C)OC(=O)N1C[C@H](COS(C)(=O)=O)C[C@H](N(C(=O)OC(C)(C)C)c2ncnc3c2ccn3C(c2ccccc2)(c2ccccc2)c2ccccc2)C1. The average Bonchev–Trinajstić information content (AvgIpc) is 3.56. The van der Waals surface area contributed by atoms with Crippen molar-refractivity contribution in [2.24, 2.45) is 5.92 Å². The highest BCUT2D eigenvalue weighted by Gasteiger charge is 2.43. The molecule has 1 aliphatic rings. The Labute approximate surface area is 323 Å². The van der Waals surface area contributed by atoms with E-state index < -0.39 is 51.0 Å². The fraction of sp³-hybridized carbons (Fsp3) is 0.381. The van der Waals surface area contributed by atoms with Gasteiger partial charge >= 0.3 is 12.2 Å². The van der Waals surface area contributed by atoms with Crippen LogP contribution in [0.1, 0.15) is 64.7 Å². The number of likely N-dealkylation sites (tertiary alicyclic amines) is 1. The molecule has 2 aromatic heterocycles. The van der Waals surface area contributed by atoms with Crippen molar-refractivity contribution >= 4 is 39.2 Å². The van der Waals surface area contributed by atoms with Crippen LogP contribution in [0.4, 0.5) is 15.4 Å². The Hall–Kier alpha value is -5.27. The molecule has 0 radical (unpaired) electrons. The van der Waals surface area contributed by atoms with Gasteiger partial charge in [-0.2, -0.15) is 8.42 Å². The number of nitrogens with zero attached hydrogens (tertiary/aromatic N) is 5. The molecule has 0 spiro atoms. The van der Waals surface area contributed by atoms with E-state index in [2.05, 4.69) is 41.0 Å². The number of hydrogen-bond donors (Lipinski definition) is 0. The van der Waals surface area contributed by atoms with Gasteiger partial charge in [-0.1, -0.05) is 91.0 Å². The number of carbonyl (C=O) groups is 2. The summed E-state index contributed by atoms with van der Waals surface area (Å²) in [6.07, 6.45) is 3.37. The minimum absolute atomic E-state index is 0.0672. The standard InChI is InChI=1S/C42H49N5O7S/c1-40(2,3)53-38(48)45-26-30(28-52-55(7,50)51)25-34(27-45)47(39(49)54-41(4,5)6)37-35-23-24-46(36(35)43-29-44-37)42(31-17-11-8-12-18-31,32-19-13-9-14-20-32)33-21-15-10-16-22-33/h8-24,29-30,34H,25-28H2,1-7H3/t30-,34+/m1/s1. The van der Waals surface area contributed by atoms with Gasteiger partial charge in [0.25, 0.3) is 10.1 Å². The number of amides is 2. The minimum atomic E-state index is -3.79. The van der Waals surface area contributed by atoms with Crippen molar-refractivity contribution in [1.82, 2.24) is 19.4 Å². The summed E-state index contributed by atoms with van der Waals surface area (Å²) in [5.74, 6) is -0.199. The highest BCUT2D eigenvalue weighted by atomic mass is 32.2. The summed E-state index contributed by atoms with van der Waals surface area (Å²) in [6.45, 7) is 10.7. The largest absolute Gasteiger partial charge is 0.444 e. The van der Waals surface area contributed by atoms with Gasteiger partial charge in [0.05, 0.1) is 24.3 Å². The second-order valence-corrected chi connectivity index (χ2v) is 17.6. The molecule has 0 N–H and O–H groups in total. The molecule has 1 saturated heterocycles. The molecule has 5 aromatic rings. The number of carbonyl (C=O) groups excluding carboxylic acids is 2. The fourth-order valence-corrected chi connectivity index (χ4v) is 7.69. The number of ether oxygens (including phenoxy) is 2. The maximum atomic E-state index is 14.5. The quantitative estimate of drug-likeness (QED) is 0.110. The van der Waals surface area contributed by atoms with E-state index >= 15 is 0 Å². The van der Waals surface area contributed by atoms with Crippen LogP contribution in [0.2, 0.25) is 0 Å².